The molecule has 1 nitrogen and oxygen atoms in total. The van der Waals surface area contributed by atoms with Gasteiger partial charge in [-0.2, -0.15) is 0 Å². The van der Waals surface area contributed by atoms with E-state index in [4.69, 9.17) is 11.6 Å². The smallest absolute Gasteiger partial charge is 0.266 e. The number of alkyl halides is 3. The number of Topliss-reactive ketones (excluding diaryl/α,β-unsaturated/α-hetero) is 1. The van der Waals surface area contributed by atoms with Crippen LogP contribution in [0.3, 0.4) is 0 Å². The molecule has 0 fully saturated rings. The van der Waals surface area contributed by atoms with Crippen molar-refractivity contribution >= 4 is 17.4 Å². The topological polar surface area (TPSA) is 17.1 Å². The monoisotopic (exact) mass is 236 g/mol. The molecule has 0 atom stereocenters. The highest BCUT2D eigenvalue weighted by atomic mass is 35.5. The fourth-order valence-corrected chi connectivity index (χ4v) is 1.29. The zero-order valence-corrected chi connectivity index (χ0v) is 8.40. The van der Waals surface area contributed by atoms with Gasteiger partial charge in [0.1, 0.15) is 5.82 Å². The first-order chi connectivity index (χ1) is 7.06. The molecular formula is C10H8ClF3O. The van der Waals surface area contributed by atoms with Crippen LogP contribution in [0.15, 0.2) is 18.2 Å². The van der Waals surface area contributed by atoms with E-state index in [9.17, 15) is 18.0 Å². The lowest BCUT2D eigenvalue weighted by molar-refractivity contribution is 0.0988. The highest BCUT2D eigenvalue weighted by Crippen LogP contribution is 2.23. The molecule has 1 aromatic carbocycles. The standard InChI is InChI=1S/C10H8ClF3O/c11-4-3-9(15)6-1-2-8(12)7(5-6)10(13)14/h1-2,5,10H,3-4H2. The Bertz CT molecular complexity index is 366. The van der Waals surface area contributed by atoms with Crippen LogP contribution in [0.25, 0.3) is 0 Å². The van der Waals surface area contributed by atoms with Gasteiger partial charge < -0.3 is 0 Å². The van der Waals surface area contributed by atoms with Crippen molar-refractivity contribution < 1.29 is 18.0 Å². The zero-order chi connectivity index (χ0) is 11.4. The van der Waals surface area contributed by atoms with Gasteiger partial charge in [-0.15, -0.1) is 11.6 Å². The summed E-state index contributed by atoms with van der Waals surface area (Å²) in [5.74, 6) is -1.26. The van der Waals surface area contributed by atoms with E-state index < -0.39 is 17.8 Å². The van der Waals surface area contributed by atoms with Gasteiger partial charge >= 0.3 is 0 Å². The van der Waals surface area contributed by atoms with Crippen LogP contribution in [0, 0.1) is 5.82 Å². The minimum absolute atomic E-state index is 0.0515. The van der Waals surface area contributed by atoms with Crippen LogP contribution >= 0.6 is 11.6 Å². The third kappa shape index (κ3) is 2.96. The summed E-state index contributed by atoms with van der Waals surface area (Å²) in [6.45, 7) is 0. The number of hydrogen-bond donors (Lipinski definition) is 0. The number of benzene rings is 1. The van der Waals surface area contributed by atoms with Gasteiger partial charge in [0.2, 0.25) is 0 Å². The first-order valence-corrected chi connectivity index (χ1v) is 4.76. The SMILES string of the molecule is O=C(CCCl)c1ccc(F)c(C(F)F)c1. The van der Waals surface area contributed by atoms with E-state index in [2.05, 4.69) is 0 Å². The first kappa shape index (κ1) is 12.0. The van der Waals surface area contributed by atoms with Crippen molar-refractivity contribution in [1.29, 1.82) is 0 Å². The van der Waals surface area contributed by atoms with E-state index in [1.807, 2.05) is 0 Å². The number of rotatable bonds is 4. The highest BCUT2D eigenvalue weighted by molar-refractivity contribution is 6.19. The zero-order valence-electron chi connectivity index (χ0n) is 7.64. The maximum atomic E-state index is 12.9. The molecule has 5 heteroatoms. The number of carbonyl (C=O) groups excluding carboxylic acids is 1. The van der Waals surface area contributed by atoms with Crippen molar-refractivity contribution in [3.63, 3.8) is 0 Å². The number of ketones is 1. The molecule has 0 bridgehead atoms. The molecule has 1 rings (SSSR count). The molecule has 0 N–H and O–H groups in total. The van der Waals surface area contributed by atoms with Crippen molar-refractivity contribution in [2.24, 2.45) is 0 Å². The Morgan fingerprint density at radius 2 is 2.07 bits per heavy atom. The van der Waals surface area contributed by atoms with Crippen molar-refractivity contribution in [2.45, 2.75) is 12.8 Å². The molecule has 82 valence electrons. The molecule has 0 aromatic heterocycles. The van der Waals surface area contributed by atoms with Gasteiger partial charge in [-0.25, -0.2) is 13.2 Å². The molecule has 0 aliphatic heterocycles. The van der Waals surface area contributed by atoms with Crippen LogP contribution in [-0.4, -0.2) is 11.7 Å². The van der Waals surface area contributed by atoms with Gasteiger partial charge in [0.05, 0.1) is 5.56 Å². The summed E-state index contributed by atoms with van der Waals surface area (Å²) < 4.78 is 37.4. The van der Waals surface area contributed by atoms with Crippen LogP contribution in [0.4, 0.5) is 13.2 Å². The second-order valence-electron chi connectivity index (χ2n) is 2.90. The lowest BCUT2D eigenvalue weighted by Crippen LogP contribution is -2.02. The quantitative estimate of drug-likeness (QED) is 0.577. The minimum Gasteiger partial charge on any atom is -0.294 e. The summed E-state index contributed by atoms with van der Waals surface area (Å²) in [6, 6.07) is 2.91. The Morgan fingerprint density at radius 1 is 1.40 bits per heavy atom. The predicted molar refractivity (Wildman–Crippen MR) is 51.0 cm³/mol. The summed E-state index contributed by atoms with van der Waals surface area (Å²) in [5, 5.41) is 0. The maximum Gasteiger partial charge on any atom is 0.266 e. The Hall–Kier alpha value is -1.03. The van der Waals surface area contributed by atoms with Crippen LogP contribution in [-0.2, 0) is 0 Å². The van der Waals surface area contributed by atoms with Crippen molar-refractivity contribution in [2.75, 3.05) is 5.88 Å². The van der Waals surface area contributed by atoms with Gasteiger partial charge in [-0.3, -0.25) is 4.79 Å². The molecule has 15 heavy (non-hydrogen) atoms. The van der Waals surface area contributed by atoms with Gasteiger partial charge in [-0.1, -0.05) is 0 Å². The predicted octanol–water partition coefficient (Wildman–Crippen LogP) is 3.57. The molecular weight excluding hydrogens is 229 g/mol. The third-order valence-corrected chi connectivity index (χ3v) is 2.06. The fourth-order valence-electron chi connectivity index (χ4n) is 1.11. The average Bonchev–Trinajstić information content (AvgIpc) is 2.18. The largest absolute Gasteiger partial charge is 0.294 e. The van der Waals surface area contributed by atoms with Gasteiger partial charge in [-0.05, 0) is 18.2 Å². The summed E-state index contributed by atoms with van der Waals surface area (Å²) in [7, 11) is 0. The van der Waals surface area contributed by atoms with E-state index in [-0.39, 0.29) is 23.6 Å². The summed E-state index contributed by atoms with van der Waals surface area (Å²) in [5.41, 5.74) is -0.692. The van der Waals surface area contributed by atoms with Crippen molar-refractivity contribution in [3.8, 4) is 0 Å². The molecule has 0 radical (unpaired) electrons. The van der Waals surface area contributed by atoms with Gasteiger partial charge in [0, 0.05) is 17.9 Å². The summed E-state index contributed by atoms with van der Waals surface area (Å²) >= 11 is 5.34. The molecule has 0 aliphatic carbocycles. The van der Waals surface area contributed by atoms with Gasteiger partial charge in [0.15, 0.2) is 5.78 Å². The maximum absolute atomic E-state index is 12.9. The normalized spacial score (nSPS) is 10.7. The lowest BCUT2D eigenvalue weighted by atomic mass is 10.1. The van der Waals surface area contributed by atoms with Gasteiger partial charge in [0.25, 0.3) is 6.43 Å². The van der Waals surface area contributed by atoms with E-state index in [0.29, 0.717) is 0 Å². The van der Waals surface area contributed by atoms with E-state index in [1.165, 1.54) is 6.07 Å². The molecule has 0 saturated carbocycles. The van der Waals surface area contributed by atoms with E-state index >= 15 is 0 Å². The molecule has 0 unspecified atom stereocenters. The lowest BCUT2D eigenvalue weighted by Gasteiger charge is -2.04. The van der Waals surface area contributed by atoms with Crippen molar-refractivity contribution in [1.82, 2.24) is 0 Å². The third-order valence-electron chi connectivity index (χ3n) is 1.87. The molecule has 0 spiro atoms. The van der Waals surface area contributed by atoms with Crippen molar-refractivity contribution in [3.05, 3.63) is 35.1 Å². The number of halogens is 4. The Balaban J connectivity index is 3.02. The van der Waals surface area contributed by atoms with Crippen LogP contribution < -0.4 is 0 Å². The Kier molecular flexibility index (Phi) is 4.15. The molecule has 1 aromatic rings. The Labute approximate surface area is 89.9 Å². The summed E-state index contributed by atoms with van der Waals surface area (Å²) in [6.07, 6.45) is -2.87. The number of carbonyl (C=O) groups is 1. The number of hydrogen-bond acceptors (Lipinski definition) is 1. The minimum atomic E-state index is -2.92. The Morgan fingerprint density at radius 3 is 2.60 bits per heavy atom. The molecule has 0 amide bonds. The van der Waals surface area contributed by atoms with E-state index in [1.54, 1.807) is 0 Å². The second-order valence-corrected chi connectivity index (χ2v) is 3.28. The van der Waals surface area contributed by atoms with E-state index in [0.717, 1.165) is 12.1 Å². The highest BCUT2D eigenvalue weighted by Gasteiger charge is 2.15. The summed E-state index contributed by atoms with van der Waals surface area (Å²) in [4.78, 5) is 11.3. The first-order valence-electron chi connectivity index (χ1n) is 4.23. The second kappa shape index (κ2) is 5.16. The molecule has 0 saturated heterocycles. The molecule has 0 aliphatic rings. The van der Waals surface area contributed by atoms with Crippen LogP contribution in [0.5, 0.6) is 0 Å². The molecule has 0 heterocycles. The van der Waals surface area contributed by atoms with Crippen LogP contribution in [0.1, 0.15) is 28.8 Å². The van der Waals surface area contributed by atoms with Crippen LogP contribution in [0.2, 0.25) is 0 Å². The average molecular weight is 237 g/mol. The fraction of sp³-hybridized carbons (Fsp3) is 0.300.